The highest BCUT2D eigenvalue weighted by Crippen LogP contribution is 2.17. The van der Waals surface area contributed by atoms with E-state index in [0.717, 1.165) is 49.7 Å². The Morgan fingerprint density at radius 2 is 1.85 bits per heavy atom. The lowest BCUT2D eigenvalue weighted by atomic mass is 10.1. The Morgan fingerprint density at radius 3 is 2.61 bits per heavy atom. The largest absolute Gasteiger partial charge is 0.497 e. The molecule has 1 saturated heterocycles. The third-order valence-electron chi connectivity index (χ3n) is 5.41. The van der Waals surface area contributed by atoms with Gasteiger partial charge in [0, 0.05) is 26.2 Å². The molecule has 0 saturated carbocycles. The highest BCUT2D eigenvalue weighted by Gasteiger charge is 2.14. The summed E-state index contributed by atoms with van der Waals surface area (Å²) < 4.78 is 12.3. The number of rotatable bonds is 10. The molecule has 1 amide bonds. The van der Waals surface area contributed by atoms with E-state index in [-0.39, 0.29) is 11.7 Å². The third kappa shape index (κ3) is 6.77. The molecule has 1 N–H and O–H groups in total. The van der Waals surface area contributed by atoms with Gasteiger partial charge in [0.2, 0.25) is 11.1 Å². The molecule has 1 fully saturated rings. The van der Waals surface area contributed by atoms with Gasteiger partial charge in [-0.1, -0.05) is 48.2 Å². The number of carbonyl (C=O) groups excluding carboxylic acids is 1. The normalized spacial score (nSPS) is 14.2. The number of thioether (sulfide) groups is 1. The second kappa shape index (κ2) is 11.8. The van der Waals surface area contributed by atoms with Crippen LogP contribution >= 0.6 is 11.8 Å². The Bertz CT molecular complexity index is 1040. The molecule has 4 rings (SSSR count). The van der Waals surface area contributed by atoms with Gasteiger partial charge in [-0.2, -0.15) is 0 Å². The molecule has 10 heteroatoms. The molecule has 174 valence electrons. The number of benzene rings is 2. The number of aromatic nitrogens is 4. The summed E-state index contributed by atoms with van der Waals surface area (Å²) in [5.74, 6) is 0.989. The monoisotopic (exact) mass is 468 g/mol. The smallest absolute Gasteiger partial charge is 0.230 e. The zero-order valence-electron chi connectivity index (χ0n) is 18.6. The van der Waals surface area contributed by atoms with Crippen molar-refractivity contribution < 1.29 is 14.3 Å². The lowest BCUT2D eigenvalue weighted by Gasteiger charge is -2.27. The molecule has 9 nitrogen and oxygen atoms in total. The lowest BCUT2D eigenvalue weighted by Crippen LogP contribution is -2.36. The van der Waals surface area contributed by atoms with Gasteiger partial charge in [-0.15, -0.1) is 5.10 Å². The molecular formula is C23H28N6O3S. The van der Waals surface area contributed by atoms with Crippen LogP contribution in [0, 0.1) is 0 Å². The van der Waals surface area contributed by atoms with E-state index in [1.165, 1.54) is 17.3 Å². The van der Waals surface area contributed by atoms with E-state index in [9.17, 15) is 4.79 Å². The summed E-state index contributed by atoms with van der Waals surface area (Å²) in [5, 5.41) is 15.5. The zero-order valence-corrected chi connectivity index (χ0v) is 19.5. The molecule has 1 aliphatic rings. The summed E-state index contributed by atoms with van der Waals surface area (Å²) >= 11 is 1.32. The molecule has 2 aromatic carbocycles. The number of nitrogens with one attached hydrogen (secondary N) is 1. The first kappa shape index (κ1) is 23.2. The maximum absolute atomic E-state index is 12.5. The molecular weight excluding hydrogens is 440 g/mol. The quantitative estimate of drug-likeness (QED) is 0.452. The highest BCUT2D eigenvalue weighted by atomic mass is 32.2. The van der Waals surface area contributed by atoms with Gasteiger partial charge in [-0.25, -0.2) is 4.68 Å². The maximum Gasteiger partial charge on any atom is 0.230 e. The molecule has 0 spiro atoms. The van der Waals surface area contributed by atoms with Crippen molar-refractivity contribution in [2.24, 2.45) is 0 Å². The standard InChI is InChI=1S/C23H28N6O3S/c1-31-21-8-6-18(7-9-21)15-29-23(25-26-27-29)33-17-22(30)24-14-19-4-2-3-5-20(19)16-28-10-12-32-13-11-28/h2-9H,10-17H2,1H3,(H,24,30). The van der Waals surface area contributed by atoms with Crippen LogP contribution in [0.15, 0.2) is 53.7 Å². The van der Waals surface area contributed by atoms with E-state index >= 15 is 0 Å². The van der Waals surface area contributed by atoms with Gasteiger partial charge in [0.05, 0.1) is 32.6 Å². The first-order chi connectivity index (χ1) is 16.2. The molecule has 0 unspecified atom stereocenters. The zero-order chi connectivity index (χ0) is 22.9. The van der Waals surface area contributed by atoms with Crippen molar-refractivity contribution in [3.63, 3.8) is 0 Å². The molecule has 0 bridgehead atoms. The summed E-state index contributed by atoms with van der Waals surface area (Å²) in [6.07, 6.45) is 0. The SMILES string of the molecule is COc1ccc(Cn2nnnc2SCC(=O)NCc2ccccc2CN2CCOCC2)cc1. The fraction of sp³-hybridized carbons (Fsp3) is 0.391. The van der Waals surface area contributed by atoms with Crippen molar-refractivity contribution in [1.82, 2.24) is 30.4 Å². The number of morpholine rings is 1. The van der Waals surface area contributed by atoms with Crippen LogP contribution in [0.2, 0.25) is 0 Å². The molecule has 3 aromatic rings. The van der Waals surface area contributed by atoms with Gasteiger partial charge in [0.15, 0.2) is 0 Å². The molecule has 0 atom stereocenters. The Hall–Kier alpha value is -2.95. The Morgan fingerprint density at radius 1 is 1.09 bits per heavy atom. The number of amides is 1. The van der Waals surface area contributed by atoms with E-state index in [0.29, 0.717) is 18.2 Å². The number of hydrogen-bond acceptors (Lipinski definition) is 8. The van der Waals surface area contributed by atoms with E-state index in [2.05, 4.69) is 37.9 Å². The van der Waals surface area contributed by atoms with Gasteiger partial charge < -0.3 is 14.8 Å². The van der Waals surface area contributed by atoms with E-state index in [4.69, 9.17) is 9.47 Å². The minimum atomic E-state index is -0.0554. The number of carbonyl (C=O) groups is 1. The molecule has 1 aromatic heterocycles. The lowest BCUT2D eigenvalue weighted by molar-refractivity contribution is -0.118. The Labute approximate surface area is 197 Å². The number of ether oxygens (including phenoxy) is 2. The minimum Gasteiger partial charge on any atom is -0.497 e. The van der Waals surface area contributed by atoms with Gasteiger partial charge in [0.1, 0.15) is 5.75 Å². The predicted molar refractivity (Wildman–Crippen MR) is 125 cm³/mol. The minimum absolute atomic E-state index is 0.0554. The fourth-order valence-electron chi connectivity index (χ4n) is 3.56. The molecule has 2 heterocycles. The number of methoxy groups -OCH3 is 1. The first-order valence-electron chi connectivity index (χ1n) is 10.9. The van der Waals surface area contributed by atoms with Crippen molar-refractivity contribution in [3.8, 4) is 5.75 Å². The second-order valence-corrected chi connectivity index (χ2v) is 8.63. The first-order valence-corrected chi connectivity index (χ1v) is 11.9. The Kier molecular flexibility index (Phi) is 8.29. The van der Waals surface area contributed by atoms with E-state index in [1.54, 1.807) is 11.8 Å². The van der Waals surface area contributed by atoms with Crippen LogP contribution in [-0.2, 0) is 29.2 Å². The number of hydrogen-bond donors (Lipinski definition) is 1. The van der Waals surface area contributed by atoms with Crippen LogP contribution in [0.1, 0.15) is 16.7 Å². The summed E-state index contributed by atoms with van der Waals surface area (Å²) in [7, 11) is 1.64. The topological polar surface area (TPSA) is 94.4 Å². The maximum atomic E-state index is 12.5. The summed E-state index contributed by atoms with van der Waals surface area (Å²) in [6.45, 7) is 5.30. The third-order valence-corrected chi connectivity index (χ3v) is 6.37. The average molecular weight is 469 g/mol. The molecule has 0 radical (unpaired) electrons. The average Bonchev–Trinajstić information content (AvgIpc) is 3.30. The molecule has 0 aliphatic carbocycles. The summed E-state index contributed by atoms with van der Waals surface area (Å²) in [4.78, 5) is 14.9. The van der Waals surface area contributed by atoms with Crippen LogP contribution in [0.4, 0.5) is 0 Å². The van der Waals surface area contributed by atoms with Gasteiger partial charge in [0.25, 0.3) is 0 Å². The van der Waals surface area contributed by atoms with E-state index in [1.807, 2.05) is 36.4 Å². The van der Waals surface area contributed by atoms with Gasteiger partial charge in [-0.05, 0) is 39.2 Å². The van der Waals surface area contributed by atoms with Gasteiger partial charge in [-0.3, -0.25) is 9.69 Å². The van der Waals surface area contributed by atoms with Crippen molar-refractivity contribution in [2.45, 2.75) is 24.8 Å². The van der Waals surface area contributed by atoms with Crippen molar-refractivity contribution >= 4 is 17.7 Å². The second-order valence-electron chi connectivity index (χ2n) is 7.69. The molecule has 1 aliphatic heterocycles. The van der Waals surface area contributed by atoms with Gasteiger partial charge >= 0.3 is 0 Å². The van der Waals surface area contributed by atoms with Crippen molar-refractivity contribution in [2.75, 3.05) is 39.2 Å². The summed E-state index contributed by atoms with van der Waals surface area (Å²) in [6, 6.07) is 16.0. The summed E-state index contributed by atoms with van der Waals surface area (Å²) in [5.41, 5.74) is 3.41. The van der Waals surface area contributed by atoms with Crippen LogP contribution in [-0.4, -0.2) is 70.2 Å². The highest BCUT2D eigenvalue weighted by molar-refractivity contribution is 7.99. The predicted octanol–water partition coefficient (Wildman–Crippen LogP) is 1.97. The van der Waals surface area contributed by atoms with Crippen LogP contribution < -0.4 is 10.1 Å². The molecule has 33 heavy (non-hydrogen) atoms. The number of tetrazole rings is 1. The fourth-order valence-corrected chi connectivity index (χ4v) is 4.27. The number of nitrogens with zero attached hydrogens (tertiary/aromatic N) is 5. The van der Waals surface area contributed by atoms with E-state index < -0.39 is 0 Å². The van der Waals surface area contributed by atoms with Crippen molar-refractivity contribution in [3.05, 3.63) is 65.2 Å². The Balaban J connectivity index is 1.27. The van der Waals surface area contributed by atoms with Crippen LogP contribution in [0.25, 0.3) is 0 Å². The van der Waals surface area contributed by atoms with Crippen LogP contribution in [0.3, 0.4) is 0 Å². The van der Waals surface area contributed by atoms with Crippen molar-refractivity contribution in [1.29, 1.82) is 0 Å². The van der Waals surface area contributed by atoms with Crippen LogP contribution in [0.5, 0.6) is 5.75 Å².